The molecule has 0 aliphatic rings. The summed E-state index contributed by atoms with van der Waals surface area (Å²) in [4.78, 5) is 20.4. The largest absolute Gasteiger partial charge is 0.337 e. The summed E-state index contributed by atoms with van der Waals surface area (Å²) in [7, 11) is 1.87. The Labute approximate surface area is 160 Å². The highest BCUT2D eigenvalue weighted by molar-refractivity contribution is 8.00. The third-order valence-corrected chi connectivity index (χ3v) is 7.09. The summed E-state index contributed by atoms with van der Waals surface area (Å²) < 4.78 is 1.04. The molecule has 6 heteroatoms. The van der Waals surface area contributed by atoms with E-state index in [0.717, 1.165) is 26.9 Å². The molecule has 2 aromatic heterocycles. The molecule has 0 saturated carbocycles. The van der Waals surface area contributed by atoms with Gasteiger partial charge in [-0.3, -0.25) is 4.79 Å². The van der Waals surface area contributed by atoms with Crippen LogP contribution in [0.2, 0.25) is 0 Å². The lowest BCUT2D eigenvalue weighted by Crippen LogP contribution is -2.27. The lowest BCUT2D eigenvalue weighted by atomic mass is 10.1. The molecular weight excluding hydrogens is 368 g/mol. The normalized spacial score (nSPS) is 10.8. The van der Waals surface area contributed by atoms with Gasteiger partial charge in [0.1, 0.15) is 4.34 Å². The zero-order chi connectivity index (χ0) is 17.8. The fraction of sp³-hybridized carbons (Fsp3) is 0.263. The molecule has 0 saturated heterocycles. The van der Waals surface area contributed by atoms with Crippen LogP contribution in [0.25, 0.3) is 0 Å². The minimum atomic E-state index is 0.0688. The van der Waals surface area contributed by atoms with E-state index in [-0.39, 0.29) is 5.91 Å². The Balaban J connectivity index is 1.72. The van der Waals surface area contributed by atoms with E-state index in [2.05, 4.69) is 28.7 Å². The first kappa shape index (κ1) is 18.2. The molecule has 0 radical (unpaired) electrons. The number of rotatable bonds is 6. The first-order chi connectivity index (χ1) is 12.0. The molecule has 3 nitrogen and oxygen atoms in total. The second kappa shape index (κ2) is 8.17. The lowest BCUT2D eigenvalue weighted by molar-refractivity contribution is 0.0785. The van der Waals surface area contributed by atoms with Crippen LogP contribution in [0.4, 0.5) is 0 Å². The lowest BCUT2D eigenvalue weighted by Gasteiger charge is -2.19. The van der Waals surface area contributed by atoms with Gasteiger partial charge >= 0.3 is 0 Å². The molecule has 1 amide bonds. The van der Waals surface area contributed by atoms with Crippen molar-refractivity contribution in [2.75, 3.05) is 7.05 Å². The van der Waals surface area contributed by atoms with E-state index in [0.29, 0.717) is 6.54 Å². The van der Waals surface area contributed by atoms with Crippen LogP contribution in [0.15, 0.2) is 45.4 Å². The highest BCUT2D eigenvalue weighted by atomic mass is 32.2. The Morgan fingerprint density at radius 1 is 1.20 bits per heavy atom. The van der Waals surface area contributed by atoms with E-state index in [1.165, 1.54) is 10.4 Å². The maximum absolute atomic E-state index is 12.9. The predicted octanol–water partition coefficient (Wildman–Crippen LogP) is 5.39. The van der Waals surface area contributed by atoms with Gasteiger partial charge in [-0.15, -0.1) is 22.7 Å². The van der Waals surface area contributed by atoms with Crippen LogP contribution in [0, 0.1) is 13.8 Å². The smallest absolute Gasteiger partial charge is 0.254 e. The van der Waals surface area contributed by atoms with Crippen molar-refractivity contribution >= 4 is 40.3 Å². The first-order valence-corrected chi connectivity index (χ1v) is 10.7. The fourth-order valence-corrected chi connectivity index (χ4v) is 5.26. The summed E-state index contributed by atoms with van der Waals surface area (Å²) in [5.41, 5.74) is 4.12. The number of benzene rings is 1. The molecule has 130 valence electrons. The van der Waals surface area contributed by atoms with Crippen molar-refractivity contribution in [1.29, 1.82) is 0 Å². The zero-order valence-corrected chi connectivity index (χ0v) is 16.9. The SMILES string of the molecule is Cc1csc(SCc2ccccc2C(=O)N(C)Cc2sccc2C)n1. The second-order valence-electron chi connectivity index (χ2n) is 5.89. The number of thioether (sulfide) groups is 1. The summed E-state index contributed by atoms with van der Waals surface area (Å²) in [5, 5.41) is 4.13. The summed E-state index contributed by atoms with van der Waals surface area (Å²) in [6.07, 6.45) is 0. The number of nitrogens with zero attached hydrogens (tertiary/aromatic N) is 2. The summed E-state index contributed by atoms with van der Waals surface area (Å²) >= 11 is 5.04. The molecular formula is C19H20N2OS3. The van der Waals surface area contributed by atoms with Crippen molar-refractivity contribution in [3.63, 3.8) is 0 Å². The number of amides is 1. The van der Waals surface area contributed by atoms with E-state index in [1.54, 1.807) is 39.3 Å². The molecule has 3 rings (SSSR count). The molecule has 3 aromatic rings. The molecule has 0 spiro atoms. The standard InChI is InChI=1S/C19H20N2OS3/c1-13-8-9-23-17(13)10-21(3)18(22)16-7-5-4-6-15(16)12-25-19-20-14(2)11-24-19/h4-9,11H,10,12H2,1-3H3. The minimum Gasteiger partial charge on any atom is -0.337 e. The Kier molecular flexibility index (Phi) is 5.93. The number of thiazole rings is 1. The first-order valence-electron chi connectivity index (χ1n) is 7.96. The minimum absolute atomic E-state index is 0.0688. The van der Waals surface area contributed by atoms with E-state index < -0.39 is 0 Å². The van der Waals surface area contributed by atoms with Gasteiger partial charge in [-0.2, -0.15) is 0 Å². The topological polar surface area (TPSA) is 33.2 Å². The second-order valence-corrected chi connectivity index (χ2v) is 8.97. The molecule has 25 heavy (non-hydrogen) atoms. The molecule has 0 bridgehead atoms. The molecule has 0 fully saturated rings. The number of aryl methyl sites for hydroxylation is 2. The van der Waals surface area contributed by atoms with Crippen LogP contribution in [0.5, 0.6) is 0 Å². The Bertz CT molecular complexity index is 869. The van der Waals surface area contributed by atoms with Crippen molar-refractivity contribution in [3.05, 3.63) is 68.4 Å². The highest BCUT2D eigenvalue weighted by Gasteiger charge is 2.17. The maximum atomic E-state index is 12.9. The summed E-state index contributed by atoms with van der Waals surface area (Å²) in [6, 6.07) is 9.97. The quantitative estimate of drug-likeness (QED) is 0.531. The van der Waals surface area contributed by atoms with Gasteiger partial charge < -0.3 is 4.90 Å². The van der Waals surface area contributed by atoms with E-state index >= 15 is 0 Å². The van der Waals surface area contributed by atoms with Crippen molar-refractivity contribution in [2.45, 2.75) is 30.5 Å². The molecule has 2 heterocycles. The third-order valence-electron chi connectivity index (χ3n) is 3.89. The summed E-state index contributed by atoms with van der Waals surface area (Å²) in [6.45, 7) is 4.74. The van der Waals surface area contributed by atoms with Gasteiger partial charge in [-0.1, -0.05) is 30.0 Å². The Morgan fingerprint density at radius 3 is 2.68 bits per heavy atom. The monoisotopic (exact) mass is 388 g/mol. The van der Waals surface area contributed by atoms with Crippen molar-refractivity contribution < 1.29 is 4.79 Å². The molecule has 0 atom stereocenters. The van der Waals surface area contributed by atoms with Gasteiger partial charge in [-0.05, 0) is 42.5 Å². The Hall–Kier alpha value is -1.63. The van der Waals surface area contributed by atoms with Crippen LogP contribution in [0.3, 0.4) is 0 Å². The van der Waals surface area contributed by atoms with Gasteiger partial charge in [0.05, 0.1) is 6.54 Å². The van der Waals surface area contributed by atoms with Crippen LogP contribution in [0.1, 0.15) is 32.1 Å². The van der Waals surface area contributed by atoms with Gasteiger partial charge in [0.25, 0.3) is 5.91 Å². The molecule has 0 N–H and O–H groups in total. The number of hydrogen-bond donors (Lipinski definition) is 0. The molecule has 0 aliphatic heterocycles. The van der Waals surface area contributed by atoms with Crippen LogP contribution >= 0.6 is 34.4 Å². The summed E-state index contributed by atoms with van der Waals surface area (Å²) in [5.74, 6) is 0.820. The number of carbonyl (C=O) groups is 1. The predicted molar refractivity (Wildman–Crippen MR) is 108 cm³/mol. The van der Waals surface area contributed by atoms with E-state index in [4.69, 9.17) is 0 Å². The number of thiophene rings is 1. The van der Waals surface area contributed by atoms with Gasteiger partial charge in [0, 0.05) is 34.3 Å². The van der Waals surface area contributed by atoms with Crippen LogP contribution < -0.4 is 0 Å². The average Bonchev–Trinajstić information content (AvgIpc) is 3.21. The Morgan fingerprint density at radius 2 is 2.00 bits per heavy atom. The highest BCUT2D eigenvalue weighted by Crippen LogP contribution is 2.28. The molecule has 1 aromatic carbocycles. The number of carbonyl (C=O) groups excluding carboxylic acids is 1. The third kappa shape index (κ3) is 4.51. The van der Waals surface area contributed by atoms with Crippen molar-refractivity contribution in [3.8, 4) is 0 Å². The molecule has 0 unspecified atom stereocenters. The van der Waals surface area contributed by atoms with Crippen LogP contribution in [-0.2, 0) is 12.3 Å². The average molecular weight is 389 g/mol. The van der Waals surface area contributed by atoms with Crippen molar-refractivity contribution in [2.24, 2.45) is 0 Å². The van der Waals surface area contributed by atoms with E-state index in [1.807, 2.05) is 38.2 Å². The van der Waals surface area contributed by atoms with Gasteiger partial charge in [0.2, 0.25) is 0 Å². The zero-order valence-electron chi connectivity index (χ0n) is 14.5. The fourth-order valence-electron chi connectivity index (χ4n) is 2.45. The number of hydrogen-bond acceptors (Lipinski definition) is 5. The molecule has 0 aliphatic carbocycles. The van der Waals surface area contributed by atoms with Gasteiger partial charge in [-0.25, -0.2) is 4.98 Å². The van der Waals surface area contributed by atoms with Crippen LogP contribution in [-0.4, -0.2) is 22.8 Å². The maximum Gasteiger partial charge on any atom is 0.254 e. The van der Waals surface area contributed by atoms with Gasteiger partial charge in [0.15, 0.2) is 0 Å². The van der Waals surface area contributed by atoms with Crippen molar-refractivity contribution in [1.82, 2.24) is 9.88 Å². The number of aromatic nitrogens is 1. The van der Waals surface area contributed by atoms with E-state index in [9.17, 15) is 4.79 Å².